The summed E-state index contributed by atoms with van der Waals surface area (Å²) in [5.74, 6) is 0.878. The van der Waals surface area contributed by atoms with E-state index in [-0.39, 0.29) is 0 Å². The van der Waals surface area contributed by atoms with E-state index in [2.05, 4.69) is 15.1 Å². The molecule has 1 aromatic carbocycles. The highest BCUT2D eigenvalue weighted by molar-refractivity contribution is 5.87. The van der Waals surface area contributed by atoms with Gasteiger partial charge in [-0.1, -0.05) is 6.07 Å². The Hall–Kier alpha value is -2.63. The van der Waals surface area contributed by atoms with Crippen molar-refractivity contribution < 1.29 is 9.59 Å². The molecule has 6 heteroatoms. The molecule has 0 unspecified atom stereocenters. The zero-order chi connectivity index (χ0) is 17.9. The molecule has 2 fully saturated rings. The average molecular weight is 352 g/mol. The molecule has 1 N–H and O–H groups in total. The third-order valence-corrected chi connectivity index (χ3v) is 5.59. The third-order valence-electron chi connectivity index (χ3n) is 5.59. The number of nitrogens with zero attached hydrogens (tertiary/aromatic N) is 3. The van der Waals surface area contributed by atoms with Crippen molar-refractivity contribution in [3.63, 3.8) is 0 Å². The summed E-state index contributed by atoms with van der Waals surface area (Å²) in [7, 11) is 0. The van der Waals surface area contributed by atoms with Crippen molar-refractivity contribution in [2.24, 2.45) is 5.92 Å². The highest BCUT2D eigenvalue weighted by atomic mass is 16.2. The minimum atomic E-state index is 0.311. The van der Waals surface area contributed by atoms with Gasteiger partial charge in [-0.3, -0.25) is 14.7 Å². The van der Waals surface area contributed by atoms with E-state index in [0.29, 0.717) is 18.2 Å². The van der Waals surface area contributed by atoms with E-state index >= 15 is 0 Å². The molecule has 1 amide bonds. The van der Waals surface area contributed by atoms with Gasteiger partial charge in [-0.2, -0.15) is 5.10 Å². The number of H-pyrrole nitrogens is 1. The van der Waals surface area contributed by atoms with Gasteiger partial charge in [-0.15, -0.1) is 0 Å². The molecule has 4 rings (SSSR count). The van der Waals surface area contributed by atoms with Crippen LogP contribution in [-0.4, -0.2) is 53.5 Å². The molecule has 6 nitrogen and oxygen atoms in total. The Morgan fingerprint density at radius 1 is 1.19 bits per heavy atom. The smallest absolute Gasteiger partial charge is 0.222 e. The number of nitrogens with one attached hydrogen (secondary N) is 1. The number of aromatic amines is 1. The Morgan fingerprint density at radius 3 is 2.69 bits per heavy atom. The van der Waals surface area contributed by atoms with Crippen LogP contribution in [0, 0.1) is 5.92 Å². The lowest BCUT2D eigenvalue weighted by Crippen LogP contribution is -2.39. The van der Waals surface area contributed by atoms with Gasteiger partial charge in [0.15, 0.2) is 6.29 Å². The minimum Gasteiger partial charge on any atom is -0.371 e. The molecule has 1 aromatic heterocycles. The van der Waals surface area contributed by atoms with Crippen molar-refractivity contribution >= 4 is 17.9 Å². The quantitative estimate of drug-likeness (QED) is 0.840. The summed E-state index contributed by atoms with van der Waals surface area (Å²) in [6.45, 7) is 3.67. The monoisotopic (exact) mass is 352 g/mol. The zero-order valence-corrected chi connectivity index (χ0v) is 14.9. The first-order valence-corrected chi connectivity index (χ1v) is 9.35. The van der Waals surface area contributed by atoms with Crippen LogP contribution in [0.1, 0.15) is 36.0 Å². The van der Waals surface area contributed by atoms with E-state index < -0.39 is 0 Å². The second-order valence-electron chi connectivity index (χ2n) is 7.25. The van der Waals surface area contributed by atoms with Crippen LogP contribution in [-0.2, 0) is 4.79 Å². The van der Waals surface area contributed by atoms with Crippen molar-refractivity contribution in [2.75, 3.05) is 31.1 Å². The minimum absolute atomic E-state index is 0.311. The Morgan fingerprint density at radius 2 is 2.04 bits per heavy atom. The van der Waals surface area contributed by atoms with Crippen LogP contribution in [0.15, 0.2) is 30.6 Å². The van der Waals surface area contributed by atoms with Crippen LogP contribution in [0.2, 0.25) is 0 Å². The molecule has 3 heterocycles. The second kappa shape index (κ2) is 7.32. The van der Waals surface area contributed by atoms with Crippen molar-refractivity contribution in [1.82, 2.24) is 15.1 Å². The summed E-state index contributed by atoms with van der Waals surface area (Å²) in [6, 6.07) is 6.01. The maximum absolute atomic E-state index is 11.8. The number of hydrogen-bond donors (Lipinski definition) is 1. The fourth-order valence-corrected chi connectivity index (χ4v) is 4.09. The molecule has 136 valence electrons. The van der Waals surface area contributed by atoms with Crippen LogP contribution in [0.3, 0.4) is 0 Å². The highest BCUT2D eigenvalue weighted by Gasteiger charge is 2.27. The van der Waals surface area contributed by atoms with E-state index in [1.54, 1.807) is 6.20 Å². The summed E-state index contributed by atoms with van der Waals surface area (Å²) < 4.78 is 0. The fraction of sp³-hybridized carbons (Fsp3) is 0.450. The number of carbonyl (C=O) groups is 2. The Bertz CT molecular complexity index is 779. The van der Waals surface area contributed by atoms with Gasteiger partial charge in [0.25, 0.3) is 0 Å². The highest BCUT2D eigenvalue weighted by Crippen LogP contribution is 2.30. The Labute approximate surface area is 153 Å². The molecule has 0 spiro atoms. The molecule has 2 aliphatic rings. The standard InChI is InChI=1S/C20H24N4O2/c25-14-17-10-16(18-11-21-22-12-18)3-4-19(17)23-8-5-15(6-9-23)13-24-7-1-2-20(24)26/h3-4,10-12,14-15H,1-2,5-9,13H2,(H,21,22). The predicted octanol–water partition coefficient (Wildman–Crippen LogP) is 2.73. The number of rotatable bonds is 5. The third kappa shape index (κ3) is 3.36. The fourth-order valence-electron chi connectivity index (χ4n) is 4.09. The van der Waals surface area contributed by atoms with Crippen LogP contribution in [0.25, 0.3) is 11.1 Å². The van der Waals surface area contributed by atoms with Gasteiger partial charge >= 0.3 is 0 Å². The van der Waals surface area contributed by atoms with Gasteiger partial charge in [0.2, 0.25) is 5.91 Å². The summed E-state index contributed by atoms with van der Waals surface area (Å²) in [4.78, 5) is 27.8. The van der Waals surface area contributed by atoms with E-state index in [4.69, 9.17) is 0 Å². The van der Waals surface area contributed by atoms with Crippen LogP contribution < -0.4 is 4.90 Å². The lowest BCUT2D eigenvalue weighted by molar-refractivity contribution is -0.128. The van der Waals surface area contributed by atoms with E-state index in [1.807, 2.05) is 29.3 Å². The number of hydrogen-bond acceptors (Lipinski definition) is 4. The number of aldehydes is 1. The van der Waals surface area contributed by atoms with E-state index in [0.717, 1.165) is 74.1 Å². The number of piperidine rings is 1. The normalized spacial score (nSPS) is 18.5. The Balaban J connectivity index is 1.42. The van der Waals surface area contributed by atoms with Gasteiger partial charge in [0.1, 0.15) is 0 Å². The number of anilines is 1. The van der Waals surface area contributed by atoms with E-state index in [1.165, 1.54) is 0 Å². The molecule has 0 atom stereocenters. The van der Waals surface area contributed by atoms with Gasteiger partial charge in [-0.25, -0.2) is 0 Å². The lowest BCUT2D eigenvalue weighted by atomic mass is 9.95. The molecule has 0 saturated carbocycles. The molecular weight excluding hydrogens is 328 g/mol. The molecule has 0 aliphatic carbocycles. The first-order chi connectivity index (χ1) is 12.7. The van der Waals surface area contributed by atoms with Gasteiger partial charge < -0.3 is 9.80 Å². The summed E-state index contributed by atoms with van der Waals surface area (Å²) in [5, 5.41) is 6.77. The van der Waals surface area contributed by atoms with E-state index in [9.17, 15) is 9.59 Å². The largest absolute Gasteiger partial charge is 0.371 e. The van der Waals surface area contributed by atoms with Crippen molar-refractivity contribution in [1.29, 1.82) is 0 Å². The van der Waals surface area contributed by atoms with Crippen LogP contribution >= 0.6 is 0 Å². The Kier molecular flexibility index (Phi) is 4.73. The second-order valence-corrected chi connectivity index (χ2v) is 7.25. The molecule has 26 heavy (non-hydrogen) atoms. The molecule has 0 bridgehead atoms. The summed E-state index contributed by atoms with van der Waals surface area (Å²) >= 11 is 0. The number of likely N-dealkylation sites (tertiary alicyclic amines) is 1. The predicted molar refractivity (Wildman–Crippen MR) is 100 cm³/mol. The SMILES string of the molecule is O=Cc1cc(-c2cn[nH]c2)ccc1N1CCC(CN2CCCC2=O)CC1. The molecule has 2 aromatic rings. The lowest BCUT2D eigenvalue weighted by Gasteiger charge is -2.35. The molecular formula is C20H24N4O2. The number of aromatic nitrogens is 2. The maximum atomic E-state index is 11.8. The zero-order valence-electron chi connectivity index (χ0n) is 14.9. The van der Waals surface area contributed by atoms with Crippen molar-refractivity contribution in [3.8, 4) is 11.1 Å². The number of carbonyl (C=O) groups excluding carboxylic acids is 2. The van der Waals surface area contributed by atoms with Gasteiger partial charge in [0.05, 0.1) is 6.20 Å². The first-order valence-electron chi connectivity index (χ1n) is 9.35. The molecule has 2 aliphatic heterocycles. The maximum Gasteiger partial charge on any atom is 0.222 e. The molecule has 0 radical (unpaired) electrons. The van der Waals surface area contributed by atoms with Gasteiger partial charge in [-0.05, 0) is 42.9 Å². The number of benzene rings is 1. The van der Waals surface area contributed by atoms with Crippen molar-refractivity contribution in [3.05, 3.63) is 36.2 Å². The van der Waals surface area contributed by atoms with Crippen molar-refractivity contribution in [2.45, 2.75) is 25.7 Å². The molecule has 2 saturated heterocycles. The summed E-state index contributed by atoms with van der Waals surface area (Å²) in [6.07, 6.45) is 8.36. The van der Waals surface area contributed by atoms with Crippen LogP contribution in [0.4, 0.5) is 5.69 Å². The summed E-state index contributed by atoms with van der Waals surface area (Å²) in [5.41, 5.74) is 3.69. The van der Waals surface area contributed by atoms with Crippen LogP contribution in [0.5, 0.6) is 0 Å². The average Bonchev–Trinajstić information content (AvgIpc) is 3.34. The number of amides is 1. The van der Waals surface area contributed by atoms with Gasteiger partial charge in [0, 0.05) is 55.6 Å². The first kappa shape index (κ1) is 16.8. The topological polar surface area (TPSA) is 69.3 Å².